The van der Waals surface area contributed by atoms with Crippen molar-refractivity contribution in [1.82, 2.24) is 0 Å². The largest absolute Gasteiger partial charge is 0.328 e. The van der Waals surface area contributed by atoms with Crippen LogP contribution in [0.4, 0.5) is 0 Å². The molecule has 2 rings (SSSR count). The summed E-state index contributed by atoms with van der Waals surface area (Å²) in [5, 5.41) is 0.837. The molecule has 1 aliphatic carbocycles. The van der Waals surface area contributed by atoms with Gasteiger partial charge in [-0.15, -0.1) is 0 Å². The lowest BCUT2D eigenvalue weighted by atomic mass is 9.80. The number of benzene rings is 1. The first kappa shape index (κ1) is 11.0. The average molecular weight is 224 g/mol. The van der Waals surface area contributed by atoms with Gasteiger partial charge >= 0.3 is 0 Å². The van der Waals surface area contributed by atoms with E-state index in [1.54, 1.807) is 0 Å². The first-order valence-electron chi connectivity index (χ1n) is 5.68. The summed E-state index contributed by atoms with van der Waals surface area (Å²) >= 11 is 5.96. The summed E-state index contributed by atoms with van der Waals surface area (Å²) in [6.45, 7) is 2.15. The molecule has 1 nitrogen and oxygen atoms in total. The first-order valence-corrected chi connectivity index (χ1v) is 6.06. The molecular weight excluding hydrogens is 206 g/mol. The third kappa shape index (κ3) is 2.53. The summed E-state index contributed by atoms with van der Waals surface area (Å²) in [6, 6.07) is 6.66. The van der Waals surface area contributed by atoms with E-state index < -0.39 is 0 Å². The lowest BCUT2D eigenvalue weighted by Crippen LogP contribution is -2.25. The van der Waals surface area contributed by atoms with E-state index in [2.05, 4.69) is 19.1 Å². The van der Waals surface area contributed by atoms with Crippen LogP contribution in [-0.2, 0) is 0 Å². The maximum Gasteiger partial charge on any atom is 0.0408 e. The molecule has 1 aromatic rings. The van der Waals surface area contributed by atoms with Crippen LogP contribution in [-0.4, -0.2) is 6.04 Å². The van der Waals surface area contributed by atoms with Crippen LogP contribution < -0.4 is 5.73 Å². The number of rotatable bonds is 1. The zero-order chi connectivity index (χ0) is 10.8. The Kier molecular flexibility index (Phi) is 3.32. The number of aryl methyl sites for hydroxylation is 1. The maximum absolute atomic E-state index is 5.96. The second-order valence-corrected chi connectivity index (χ2v) is 5.05. The smallest absolute Gasteiger partial charge is 0.0408 e. The molecule has 1 fully saturated rings. The molecule has 2 heteroatoms. The summed E-state index contributed by atoms with van der Waals surface area (Å²) in [7, 11) is 0. The van der Waals surface area contributed by atoms with Gasteiger partial charge in [-0.25, -0.2) is 0 Å². The van der Waals surface area contributed by atoms with Gasteiger partial charge in [0.2, 0.25) is 0 Å². The van der Waals surface area contributed by atoms with Crippen LogP contribution in [0.1, 0.15) is 42.7 Å². The molecule has 0 unspecified atom stereocenters. The van der Waals surface area contributed by atoms with E-state index >= 15 is 0 Å². The van der Waals surface area contributed by atoms with Crippen molar-refractivity contribution in [3.05, 3.63) is 34.3 Å². The first-order chi connectivity index (χ1) is 7.16. The number of hydrogen-bond acceptors (Lipinski definition) is 1. The van der Waals surface area contributed by atoms with Crippen molar-refractivity contribution in [3.63, 3.8) is 0 Å². The lowest BCUT2D eigenvalue weighted by Gasteiger charge is -2.27. The predicted molar refractivity (Wildman–Crippen MR) is 65.4 cm³/mol. The van der Waals surface area contributed by atoms with Gasteiger partial charge in [0.15, 0.2) is 0 Å². The fourth-order valence-electron chi connectivity index (χ4n) is 2.53. The van der Waals surface area contributed by atoms with Crippen LogP contribution in [0.25, 0.3) is 0 Å². The van der Waals surface area contributed by atoms with Crippen LogP contribution in [0, 0.1) is 6.92 Å². The Morgan fingerprint density at radius 2 is 1.87 bits per heavy atom. The van der Waals surface area contributed by atoms with Gasteiger partial charge in [0, 0.05) is 11.1 Å². The third-order valence-corrected chi connectivity index (χ3v) is 3.68. The highest BCUT2D eigenvalue weighted by Crippen LogP contribution is 2.34. The summed E-state index contributed by atoms with van der Waals surface area (Å²) < 4.78 is 0. The molecule has 0 amide bonds. The predicted octanol–water partition coefficient (Wildman–Crippen LogP) is 3.63. The molecule has 1 aromatic carbocycles. The second kappa shape index (κ2) is 4.54. The fraction of sp³-hybridized carbons (Fsp3) is 0.538. The van der Waals surface area contributed by atoms with Crippen LogP contribution in [0.15, 0.2) is 18.2 Å². The minimum atomic E-state index is 0.425. The Morgan fingerprint density at radius 3 is 2.47 bits per heavy atom. The van der Waals surface area contributed by atoms with Crippen molar-refractivity contribution >= 4 is 11.6 Å². The van der Waals surface area contributed by atoms with Gasteiger partial charge in [-0.1, -0.05) is 17.7 Å². The molecule has 0 heterocycles. The molecule has 1 saturated carbocycles. The fourth-order valence-corrected chi connectivity index (χ4v) is 2.75. The molecule has 0 aliphatic heterocycles. The Morgan fingerprint density at radius 1 is 1.20 bits per heavy atom. The van der Waals surface area contributed by atoms with Crippen LogP contribution >= 0.6 is 11.6 Å². The molecule has 0 saturated heterocycles. The monoisotopic (exact) mass is 223 g/mol. The van der Waals surface area contributed by atoms with E-state index in [4.69, 9.17) is 17.3 Å². The van der Waals surface area contributed by atoms with Crippen molar-refractivity contribution < 1.29 is 0 Å². The van der Waals surface area contributed by atoms with Gasteiger partial charge in [0.1, 0.15) is 0 Å². The third-order valence-electron chi connectivity index (χ3n) is 3.44. The molecule has 0 spiro atoms. The summed E-state index contributed by atoms with van der Waals surface area (Å²) in [5.74, 6) is 0.696. The molecule has 0 bridgehead atoms. The summed E-state index contributed by atoms with van der Waals surface area (Å²) in [5.41, 5.74) is 8.70. The van der Waals surface area contributed by atoms with Gasteiger partial charge in [-0.3, -0.25) is 0 Å². The van der Waals surface area contributed by atoms with Gasteiger partial charge in [-0.05, 0) is 61.8 Å². The average Bonchev–Trinajstić information content (AvgIpc) is 2.20. The summed E-state index contributed by atoms with van der Waals surface area (Å²) in [6.07, 6.45) is 4.77. The van der Waals surface area contributed by atoms with Gasteiger partial charge in [0.05, 0.1) is 0 Å². The van der Waals surface area contributed by atoms with Crippen molar-refractivity contribution in [3.8, 4) is 0 Å². The van der Waals surface area contributed by atoms with Crippen molar-refractivity contribution in [2.24, 2.45) is 5.73 Å². The van der Waals surface area contributed by atoms with Gasteiger partial charge in [-0.2, -0.15) is 0 Å². The van der Waals surface area contributed by atoms with E-state index in [0.717, 1.165) is 17.9 Å². The number of nitrogens with two attached hydrogens (primary N) is 1. The Balaban J connectivity index is 2.15. The number of hydrogen-bond donors (Lipinski definition) is 1. The van der Waals surface area contributed by atoms with Gasteiger partial charge in [0.25, 0.3) is 0 Å². The quantitative estimate of drug-likeness (QED) is 0.773. The SMILES string of the molecule is Cc1cc(Cl)ccc1C1CCC(N)CC1. The normalized spacial score (nSPS) is 26.6. The highest BCUT2D eigenvalue weighted by molar-refractivity contribution is 6.30. The van der Waals surface area contributed by atoms with Crippen molar-refractivity contribution in [1.29, 1.82) is 0 Å². The lowest BCUT2D eigenvalue weighted by molar-refractivity contribution is 0.395. The van der Waals surface area contributed by atoms with E-state index in [-0.39, 0.29) is 0 Å². The van der Waals surface area contributed by atoms with E-state index in [1.165, 1.54) is 24.0 Å². The zero-order valence-corrected chi connectivity index (χ0v) is 9.93. The minimum Gasteiger partial charge on any atom is -0.328 e. The molecule has 1 aliphatic rings. The summed E-state index contributed by atoms with van der Waals surface area (Å²) in [4.78, 5) is 0. The van der Waals surface area contributed by atoms with Crippen molar-refractivity contribution in [2.45, 2.75) is 44.6 Å². The molecule has 0 atom stereocenters. The molecule has 0 radical (unpaired) electrons. The van der Waals surface area contributed by atoms with Crippen LogP contribution in [0.3, 0.4) is 0 Å². The zero-order valence-electron chi connectivity index (χ0n) is 9.17. The van der Waals surface area contributed by atoms with Crippen LogP contribution in [0.2, 0.25) is 5.02 Å². The van der Waals surface area contributed by atoms with E-state index in [1.807, 2.05) is 6.07 Å². The number of halogens is 1. The van der Waals surface area contributed by atoms with Gasteiger partial charge < -0.3 is 5.73 Å². The molecule has 0 aromatic heterocycles. The Bertz CT molecular complexity index is 340. The maximum atomic E-state index is 5.96. The Labute approximate surface area is 96.6 Å². The van der Waals surface area contributed by atoms with Crippen LogP contribution in [0.5, 0.6) is 0 Å². The standard InChI is InChI=1S/C13H18ClN/c1-9-8-11(14)4-7-13(9)10-2-5-12(15)6-3-10/h4,7-8,10,12H,2-3,5-6,15H2,1H3. The molecule has 15 heavy (non-hydrogen) atoms. The second-order valence-electron chi connectivity index (χ2n) is 4.61. The molecule has 82 valence electrons. The topological polar surface area (TPSA) is 26.0 Å². The highest BCUT2D eigenvalue weighted by atomic mass is 35.5. The minimum absolute atomic E-state index is 0.425. The highest BCUT2D eigenvalue weighted by Gasteiger charge is 2.20. The Hall–Kier alpha value is -0.530. The van der Waals surface area contributed by atoms with E-state index in [0.29, 0.717) is 12.0 Å². The molecule has 2 N–H and O–H groups in total. The van der Waals surface area contributed by atoms with Crippen molar-refractivity contribution in [2.75, 3.05) is 0 Å². The van der Waals surface area contributed by atoms with E-state index in [9.17, 15) is 0 Å². The molecular formula is C13H18ClN.